The quantitative estimate of drug-likeness (QED) is 0.453. The molecule has 10 heteroatoms. The Kier molecular flexibility index (Phi) is 6.83. The van der Waals surface area contributed by atoms with Crippen LogP contribution in [0.3, 0.4) is 0 Å². The van der Waals surface area contributed by atoms with Crippen molar-refractivity contribution in [1.82, 2.24) is 15.1 Å². The standard InChI is InChI=1S/C25H26N4O6/c1-14(34-3)22(23(30)26-21-12-20(24(31)32)29(2)28-21)27-25(33)35-13-19-17-10-6-4-8-15(17)16-9-5-7-11-18(16)19/h4-12,14,19,22H,13H2,1-3H3,(H,27,33)(H,31,32)(H,26,28,30)/t14-,22+/m1/s1. The number of nitrogens with one attached hydrogen (secondary N) is 2. The van der Waals surface area contributed by atoms with E-state index in [-0.39, 0.29) is 24.0 Å². The molecule has 0 fully saturated rings. The van der Waals surface area contributed by atoms with Crippen molar-refractivity contribution in [1.29, 1.82) is 0 Å². The first-order chi connectivity index (χ1) is 16.8. The highest BCUT2D eigenvalue weighted by Gasteiger charge is 2.31. The average molecular weight is 479 g/mol. The Morgan fingerprint density at radius 3 is 2.23 bits per heavy atom. The van der Waals surface area contributed by atoms with E-state index in [1.54, 1.807) is 6.92 Å². The topological polar surface area (TPSA) is 132 Å². The van der Waals surface area contributed by atoms with Crippen molar-refractivity contribution in [3.8, 4) is 11.1 Å². The number of rotatable bonds is 8. The van der Waals surface area contributed by atoms with Gasteiger partial charge in [-0.3, -0.25) is 9.48 Å². The lowest BCUT2D eigenvalue weighted by Gasteiger charge is -2.23. The van der Waals surface area contributed by atoms with E-state index in [9.17, 15) is 19.5 Å². The van der Waals surface area contributed by atoms with Crippen LogP contribution >= 0.6 is 0 Å². The van der Waals surface area contributed by atoms with E-state index < -0.39 is 30.1 Å². The molecule has 10 nitrogen and oxygen atoms in total. The number of carbonyl (C=O) groups is 3. The van der Waals surface area contributed by atoms with Gasteiger partial charge in [-0.1, -0.05) is 48.5 Å². The van der Waals surface area contributed by atoms with Crippen LogP contribution in [-0.4, -0.2) is 58.7 Å². The summed E-state index contributed by atoms with van der Waals surface area (Å²) in [5, 5.41) is 18.2. The fourth-order valence-electron chi connectivity index (χ4n) is 4.23. The summed E-state index contributed by atoms with van der Waals surface area (Å²) in [7, 11) is 2.86. The normalized spacial score (nSPS) is 13.9. The van der Waals surface area contributed by atoms with Gasteiger partial charge < -0.3 is 25.2 Å². The molecule has 3 N–H and O–H groups in total. The van der Waals surface area contributed by atoms with Crippen molar-refractivity contribution < 1.29 is 29.0 Å². The van der Waals surface area contributed by atoms with Gasteiger partial charge in [-0.2, -0.15) is 5.10 Å². The zero-order valence-electron chi connectivity index (χ0n) is 19.5. The summed E-state index contributed by atoms with van der Waals surface area (Å²) in [5.74, 6) is -1.89. The Morgan fingerprint density at radius 2 is 1.69 bits per heavy atom. The lowest BCUT2D eigenvalue weighted by atomic mass is 9.98. The van der Waals surface area contributed by atoms with Crippen LogP contribution in [0.1, 0.15) is 34.5 Å². The van der Waals surface area contributed by atoms with E-state index in [4.69, 9.17) is 9.47 Å². The number of carboxylic acids is 1. The van der Waals surface area contributed by atoms with Gasteiger partial charge in [-0.05, 0) is 29.2 Å². The van der Waals surface area contributed by atoms with Crippen LogP contribution in [0.15, 0.2) is 54.6 Å². The summed E-state index contributed by atoms with van der Waals surface area (Å²) in [4.78, 5) is 36.8. The van der Waals surface area contributed by atoms with Crippen LogP contribution in [0.4, 0.5) is 10.6 Å². The molecule has 0 unspecified atom stereocenters. The number of ether oxygens (including phenoxy) is 2. The molecule has 2 atom stereocenters. The fourth-order valence-corrected chi connectivity index (χ4v) is 4.23. The molecule has 0 aliphatic heterocycles. The lowest BCUT2D eigenvalue weighted by Crippen LogP contribution is -2.51. The van der Waals surface area contributed by atoms with E-state index in [0.717, 1.165) is 26.9 Å². The number of nitrogens with zero attached hydrogens (tertiary/aromatic N) is 2. The highest BCUT2D eigenvalue weighted by molar-refractivity contribution is 5.97. The number of aromatic nitrogens is 2. The van der Waals surface area contributed by atoms with E-state index in [1.165, 1.54) is 20.2 Å². The van der Waals surface area contributed by atoms with Gasteiger partial charge in [-0.15, -0.1) is 0 Å². The molecule has 0 saturated heterocycles. The van der Waals surface area contributed by atoms with Gasteiger partial charge >= 0.3 is 12.1 Å². The number of fused-ring (bicyclic) bond motifs is 3. The highest BCUT2D eigenvalue weighted by Crippen LogP contribution is 2.44. The van der Waals surface area contributed by atoms with Gasteiger partial charge in [0.1, 0.15) is 18.3 Å². The van der Waals surface area contributed by atoms with E-state index in [0.29, 0.717) is 0 Å². The van der Waals surface area contributed by atoms with Gasteiger partial charge in [0.2, 0.25) is 0 Å². The van der Waals surface area contributed by atoms with Crippen molar-refractivity contribution in [2.24, 2.45) is 7.05 Å². The largest absolute Gasteiger partial charge is 0.477 e. The molecule has 4 rings (SSSR count). The van der Waals surface area contributed by atoms with Crippen molar-refractivity contribution in [2.45, 2.75) is 25.0 Å². The molecule has 0 bridgehead atoms. The second-order valence-corrected chi connectivity index (χ2v) is 8.22. The Labute approximate surface area is 201 Å². The number of anilines is 1. The molecule has 2 amide bonds. The number of aromatic carboxylic acids is 1. The molecule has 0 saturated carbocycles. The SMILES string of the molecule is CO[C@H](C)[C@H](NC(=O)OCC1c2ccccc2-c2ccccc21)C(=O)Nc1cc(C(=O)O)n(C)n1. The van der Waals surface area contributed by atoms with E-state index >= 15 is 0 Å². The molecular weight excluding hydrogens is 452 g/mol. The minimum Gasteiger partial charge on any atom is -0.477 e. The molecule has 1 heterocycles. The van der Waals surface area contributed by atoms with Crippen LogP contribution in [0.2, 0.25) is 0 Å². The Bertz CT molecular complexity index is 1220. The van der Waals surface area contributed by atoms with Crippen molar-refractivity contribution in [3.05, 3.63) is 71.4 Å². The molecule has 0 spiro atoms. The smallest absolute Gasteiger partial charge is 0.407 e. The van der Waals surface area contributed by atoms with Crippen LogP contribution in [-0.2, 0) is 21.3 Å². The maximum Gasteiger partial charge on any atom is 0.407 e. The van der Waals surface area contributed by atoms with Gasteiger partial charge in [0.05, 0.1) is 6.10 Å². The van der Waals surface area contributed by atoms with Crippen LogP contribution in [0.5, 0.6) is 0 Å². The maximum atomic E-state index is 12.9. The summed E-state index contributed by atoms with van der Waals surface area (Å²) in [6, 6.07) is 16.1. The second-order valence-electron chi connectivity index (χ2n) is 8.22. The average Bonchev–Trinajstić information content (AvgIpc) is 3.38. The highest BCUT2D eigenvalue weighted by atomic mass is 16.5. The third kappa shape index (κ3) is 4.87. The molecule has 0 radical (unpaired) electrons. The number of aryl methyl sites for hydroxylation is 1. The van der Waals surface area contributed by atoms with Gasteiger partial charge in [-0.25, -0.2) is 9.59 Å². The molecule has 2 aromatic carbocycles. The third-order valence-corrected chi connectivity index (χ3v) is 6.09. The summed E-state index contributed by atoms with van der Waals surface area (Å²) in [5.41, 5.74) is 4.27. The molecular formula is C25H26N4O6. The first kappa shape index (κ1) is 24.0. The fraction of sp³-hybridized carbons (Fsp3) is 0.280. The van der Waals surface area contributed by atoms with Crippen LogP contribution in [0.25, 0.3) is 11.1 Å². The lowest BCUT2D eigenvalue weighted by molar-refractivity contribution is -0.121. The Balaban J connectivity index is 1.44. The van der Waals surface area contributed by atoms with Crippen molar-refractivity contribution in [2.75, 3.05) is 19.0 Å². The summed E-state index contributed by atoms with van der Waals surface area (Å²) >= 11 is 0. The molecule has 182 valence electrons. The number of alkyl carbamates (subject to hydrolysis) is 1. The van der Waals surface area contributed by atoms with Crippen molar-refractivity contribution >= 4 is 23.8 Å². The maximum absolute atomic E-state index is 12.9. The number of benzene rings is 2. The minimum atomic E-state index is -1.18. The first-order valence-corrected chi connectivity index (χ1v) is 11.0. The summed E-state index contributed by atoms with van der Waals surface area (Å²) in [6.45, 7) is 1.72. The number of amides is 2. The monoisotopic (exact) mass is 478 g/mol. The van der Waals surface area contributed by atoms with E-state index in [1.807, 2.05) is 48.5 Å². The predicted octanol–water partition coefficient (Wildman–Crippen LogP) is 3.00. The van der Waals surface area contributed by atoms with Gasteiger partial charge in [0.15, 0.2) is 5.82 Å². The third-order valence-electron chi connectivity index (χ3n) is 6.09. The number of hydrogen-bond acceptors (Lipinski definition) is 6. The van der Waals surface area contributed by atoms with Crippen LogP contribution < -0.4 is 10.6 Å². The Morgan fingerprint density at radius 1 is 1.09 bits per heavy atom. The van der Waals surface area contributed by atoms with Gasteiger partial charge in [0.25, 0.3) is 5.91 Å². The predicted molar refractivity (Wildman–Crippen MR) is 127 cm³/mol. The van der Waals surface area contributed by atoms with E-state index in [2.05, 4.69) is 15.7 Å². The Hall–Kier alpha value is -4.18. The van der Waals surface area contributed by atoms with Gasteiger partial charge in [0, 0.05) is 26.1 Å². The molecule has 1 aliphatic rings. The number of carbonyl (C=O) groups excluding carboxylic acids is 2. The molecule has 35 heavy (non-hydrogen) atoms. The first-order valence-electron chi connectivity index (χ1n) is 11.0. The minimum absolute atomic E-state index is 0.0394. The number of carboxylic acid groups (broad SMARTS) is 1. The molecule has 3 aromatic rings. The molecule has 1 aliphatic carbocycles. The summed E-state index contributed by atoms with van der Waals surface area (Å²) in [6.07, 6.45) is -1.47. The summed E-state index contributed by atoms with van der Waals surface area (Å²) < 4.78 is 11.9. The zero-order chi connectivity index (χ0) is 25.1. The van der Waals surface area contributed by atoms with Crippen LogP contribution in [0, 0.1) is 0 Å². The zero-order valence-corrected chi connectivity index (χ0v) is 19.5. The second kappa shape index (κ2) is 9.98. The number of methoxy groups -OCH3 is 1. The number of hydrogen-bond donors (Lipinski definition) is 3. The molecule has 1 aromatic heterocycles. The van der Waals surface area contributed by atoms with Crippen molar-refractivity contribution in [3.63, 3.8) is 0 Å².